The van der Waals surface area contributed by atoms with E-state index in [0.717, 1.165) is 6.07 Å². The number of amides is 1. The van der Waals surface area contributed by atoms with Crippen LogP contribution in [0.25, 0.3) is 0 Å². The molecule has 2 atom stereocenters. The maximum atomic E-state index is 13.3. The zero-order chi connectivity index (χ0) is 16.9. The average molecular weight is 315 g/mol. The van der Waals surface area contributed by atoms with Gasteiger partial charge in [-0.3, -0.25) is 0 Å². The zero-order valence-corrected chi connectivity index (χ0v) is 13.1. The number of aliphatic hydroxyl groups excluding tert-OH is 2. The summed E-state index contributed by atoms with van der Waals surface area (Å²) in [4.78, 5) is 11.5. The second-order valence-electron chi connectivity index (χ2n) is 5.78. The van der Waals surface area contributed by atoms with E-state index in [9.17, 15) is 19.4 Å². The minimum Gasteiger partial charge on any atom is -0.496 e. The summed E-state index contributed by atoms with van der Waals surface area (Å²) >= 11 is 0. The summed E-state index contributed by atoms with van der Waals surface area (Å²) in [5.41, 5.74) is -0.569. The van der Waals surface area contributed by atoms with Crippen LogP contribution in [0.1, 0.15) is 32.4 Å². The van der Waals surface area contributed by atoms with Gasteiger partial charge in [-0.05, 0) is 39.0 Å². The summed E-state index contributed by atoms with van der Waals surface area (Å²) in [6, 6.07) is 3.60. The third-order valence-electron chi connectivity index (χ3n) is 2.73. The molecule has 0 saturated carbocycles. The molecule has 0 aromatic heterocycles. The number of halogens is 1. The van der Waals surface area contributed by atoms with Crippen molar-refractivity contribution >= 4 is 6.09 Å². The quantitative estimate of drug-likeness (QED) is 0.770. The van der Waals surface area contributed by atoms with E-state index in [1.807, 2.05) is 0 Å². The van der Waals surface area contributed by atoms with Gasteiger partial charge < -0.3 is 25.0 Å². The summed E-state index contributed by atoms with van der Waals surface area (Å²) in [6.07, 6.45) is -3.48. The van der Waals surface area contributed by atoms with Crippen LogP contribution in [0, 0.1) is 5.82 Å². The number of hydrogen-bond donors (Lipinski definition) is 3. The lowest BCUT2D eigenvalue weighted by molar-refractivity contribution is 0.0117. The predicted octanol–water partition coefficient (Wildman–Crippen LogP) is 1.75. The Morgan fingerprint density at radius 3 is 2.55 bits per heavy atom. The van der Waals surface area contributed by atoms with Crippen LogP contribution in [0.2, 0.25) is 0 Å². The lowest BCUT2D eigenvalue weighted by Gasteiger charge is -2.23. The smallest absolute Gasteiger partial charge is 0.407 e. The van der Waals surface area contributed by atoms with Gasteiger partial charge in [0, 0.05) is 12.1 Å². The number of rotatable bonds is 5. The normalized spacial score (nSPS) is 14.1. The Morgan fingerprint density at radius 1 is 1.36 bits per heavy atom. The molecule has 1 amide bonds. The Kier molecular flexibility index (Phi) is 6.13. The first-order chi connectivity index (χ1) is 10.1. The molecule has 0 spiro atoms. The van der Waals surface area contributed by atoms with Crippen LogP contribution >= 0.6 is 0 Å². The number of ether oxygens (including phenoxy) is 2. The monoisotopic (exact) mass is 315 g/mol. The minimum atomic E-state index is -1.42. The van der Waals surface area contributed by atoms with E-state index in [2.05, 4.69) is 5.32 Å². The van der Waals surface area contributed by atoms with Gasteiger partial charge in [-0.25, -0.2) is 9.18 Å². The van der Waals surface area contributed by atoms with Crippen LogP contribution in [0.5, 0.6) is 5.75 Å². The Labute approximate surface area is 128 Å². The Hall–Kier alpha value is -1.86. The van der Waals surface area contributed by atoms with E-state index in [1.165, 1.54) is 19.2 Å². The van der Waals surface area contributed by atoms with Crippen molar-refractivity contribution in [2.45, 2.75) is 38.6 Å². The molecule has 0 aliphatic rings. The number of methoxy groups -OCH3 is 1. The number of aliphatic hydroxyl groups is 2. The van der Waals surface area contributed by atoms with Gasteiger partial charge in [0.2, 0.25) is 0 Å². The Morgan fingerprint density at radius 2 is 2.00 bits per heavy atom. The number of nitrogens with one attached hydrogen (secondary N) is 1. The molecule has 1 aromatic carbocycles. The fourth-order valence-electron chi connectivity index (χ4n) is 1.76. The fourth-order valence-corrected chi connectivity index (χ4v) is 1.76. The second kappa shape index (κ2) is 7.42. The van der Waals surface area contributed by atoms with Crippen molar-refractivity contribution in [2.75, 3.05) is 13.7 Å². The zero-order valence-electron chi connectivity index (χ0n) is 13.1. The first-order valence-electron chi connectivity index (χ1n) is 6.80. The molecule has 0 saturated heterocycles. The SMILES string of the molecule is COc1ccc(F)cc1C(O)C(O)CNC(=O)OC(C)(C)C. The van der Waals surface area contributed by atoms with Gasteiger partial charge in [-0.1, -0.05) is 0 Å². The number of benzene rings is 1. The van der Waals surface area contributed by atoms with E-state index >= 15 is 0 Å². The molecule has 6 nitrogen and oxygen atoms in total. The summed E-state index contributed by atoms with van der Waals surface area (Å²) in [7, 11) is 1.37. The average Bonchev–Trinajstić information content (AvgIpc) is 2.42. The third-order valence-corrected chi connectivity index (χ3v) is 2.73. The minimum absolute atomic E-state index is 0.0981. The third kappa shape index (κ3) is 5.50. The van der Waals surface area contributed by atoms with Crippen LogP contribution in [0.3, 0.4) is 0 Å². The summed E-state index contributed by atoms with van der Waals surface area (Å²) in [5, 5.41) is 22.3. The Balaban J connectivity index is 2.68. The van der Waals surface area contributed by atoms with E-state index in [1.54, 1.807) is 20.8 Å². The number of carbonyl (C=O) groups is 1. The van der Waals surface area contributed by atoms with Crippen LogP contribution < -0.4 is 10.1 Å². The molecule has 0 fully saturated rings. The number of alkyl carbamates (subject to hydrolysis) is 1. The highest BCUT2D eigenvalue weighted by atomic mass is 19.1. The lowest BCUT2D eigenvalue weighted by Crippen LogP contribution is -2.38. The van der Waals surface area contributed by atoms with E-state index < -0.39 is 29.7 Å². The van der Waals surface area contributed by atoms with Crippen molar-refractivity contribution in [2.24, 2.45) is 0 Å². The maximum absolute atomic E-state index is 13.3. The standard InChI is InChI=1S/C15H22FNO5/c1-15(2,3)22-14(20)17-8-11(18)13(19)10-7-9(16)5-6-12(10)21-4/h5-7,11,13,18-19H,8H2,1-4H3,(H,17,20). The molecule has 0 aliphatic carbocycles. The van der Waals surface area contributed by atoms with Gasteiger partial charge in [0.1, 0.15) is 29.4 Å². The molecule has 1 aromatic rings. The second-order valence-corrected chi connectivity index (χ2v) is 5.78. The van der Waals surface area contributed by atoms with Crippen molar-refractivity contribution in [3.05, 3.63) is 29.6 Å². The van der Waals surface area contributed by atoms with E-state index in [-0.39, 0.29) is 17.9 Å². The molecule has 7 heteroatoms. The fraction of sp³-hybridized carbons (Fsp3) is 0.533. The molecule has 0 bridgehead atoms. The Bertz CT molecular complexity index is 515. The molecule has 2 unspecified atom stereocenters. The van der Waals surface area contributed by atoms with Crippen molar-refractivity contribution in [1.29, 1.82) is 0 Å². The molecular weight excluding hydrogens is 293 g/mol. The summed E-state index contributed by atoms with van der Waals surface area (Å²) in [5.74, 6) is -0.327. The topological polar surface area (TPSA) is 88.0 Å². The molecule has 3 N–H and O–H groups in total. The highest BCUT2D eigenvalue weighted by molar-refractivity contribution is 5.67. The summed E-state index contributed by atoms with van der Waals surface area (Å²) < 4.78 is 23.3. The van der Waals surface area contributed by atoms with Crippen LogP contribution in [0.4, 0.5) is 9.18 Å². The van der Waals surface area contributed by atoms with Crippen molar-refractivity contribution < 1.29 is 28.9 Å². The summed E-state index contributed by atoms with van der Waals surface area (Å²) in [6.45, 7) is 4.86. The van der Waals surface area contributed by atoms with E-state index in [0.29, 0.717) is 0 Å². The molecule has 22 heavy (non-hydrogen) atoms. The largest absolute Gasteiger partial charge is 0.496 e. The predicted molar refractivity (Wildman–Crippen MR) is 78.2 cm³/mol. The lowest BCUT2D eigenvalue weighted by atomic mass is 10.0. The maximum Gasteiger partial charge on any atom is 0.407 e. The van der Waals surface area contributed by atoms with Gasteiger partial charge >= 0.3 is 6.09 Å². The first-order valence-corrected chi connectivity index (χ1v) is 6.80. The van der Waals surface area contributed by atoms with Gasteiger partial charge in [0.05, 0.1) is 7.11 Å². The molecule has 0 radical (unpaired) electrons. The highest BCUT2D eigenvalue weighted by Crippen LogP contribution is 2.28. The molecule has 1 rings (SSSR count). The van der Waals surface area contributed by atoms with E-state index in [4.69, 9.17) is 9.47 Å². The molecule has 0 heterocycles. The van der Waals surface area contributed by atoms with Crippen molar-refractivity contribution in [1.82, 2.24) is 5.32 Å². The molecule has 124 valence electrons. The van der Waals surface area contributed by atoms with Gasteiger partial charge in [-0.2, -0.15) is 0 Å². The van der Waals surface area contributed by atoms with Crippen LogP contribution in [-0.2, 0) is 4.74 Å². The van der Waals surface area contributed by atoms with Crippen LogP contribution in [-0.4, -0.2) is 41.7 Å². The highest BCUT2D eigenvalue weighted by Gasteiger charge is 2.24. The van der Waals surface area contributed by atoms with Gasteiger partial charge in [0.15, 0.2) is 0 Å². The van der Waals surface area contributed by atoms with Gasteiger partial charge in [0.25, 0.3) is 0 Å². The van der Waals surface area contributed by atoms with Crippen molar-refractivity contribution in [3.63, 3.8) is 0 Å². The number of carbonyl (C=O) groups excluding carboxylic acids is 1. The van der Waals surface area contributed by atoms with Crippen LogP contribution in [0.15, 0.2) is 18.2 Å². The van der Waals surface area contributed by atoms with Gasteiger partial charge in [-0.15, -0.1) is 0 Å². The van der Waals surface area contributed by atoms with Crippen molar-refractivity contribution in [3.8, 4) is 5.75 Å². The first kappa shape index (κ1) is 18.2. The molecule has 0 aliphatic heterocycles. The molecular formula is C15H22FNO5. The number of hydrogen-bond acceptors (Lipinski definition) is 5.